The molecule has 2 N–H and O–H groups in total. The number of amides is 2. The summed E-state index contributed by atoms with van der Waals surface area (Å²) in [7, 11) is 3.13. The first-order chi connectivity index (χ1) is 14.9. The highest BCUT2D eigenvalue weighted by atomic mass is 19.1. The maximum absolute atomic E-state index is 13.0. The molecule has 0 unspecified atom stereocenters. The van der Waals surface area contributed by atoms with Gasteiger partial charge in [-0.25, -0.2) is 4.39 Å². The van der Waals surface area contributed by atoms with Crippen LogP contribution in [-0.4, -0.2) is 26.0 Å². The molecule has 31 heavy (non-hydrogen) atoms. The second-order valence-electron chi connectivity index (χ2n) is 6.84. The lowest BCUT2D eigenvalue weighted by atomic mass is 10.1. The third-order valence-electron chi connectivity index (χ3n) is 4.74. The topological polar surface area (TPSA) is 76.7 Å². The predicted octanol–water partition coefficient (Wildman–Crippen LogP) is 4.59. The summed E-state index contributed by atoms with van der Waals surface area (Å²) in [6.07, 6.45) is 0. The average molecular weight is 422 g/mol. The Kier molecular flexibility index (Phi) is 6.87. The highest BCUT2D eigenvalue weighted by Crippen LogP contribution is 2.29. The monoisotopic (exact) mass is 422 g/mol. The number of hydrogen-bond donors (Lipinski definition) is 2. The van der Waals surface area contributed by atoms with Crippen molar-refractivity contribution in [3.05, 3.63) is 89.2 Å². The Morgan fingerprint density at radius 3 is 2.29 bits per heavy atom. The van der Waals surface area contributed by atoms with Gasteiger partial charge < -0.3 is 20.1 Å². The number of halogens is 1. The van der Waals surface area contributed by atoms with Gasteiger partial charge in [0, 0.05) is 22.4 Å². The minimum absolute atomic E-state index is 0.310. The third kappa shape index (κ3) is 5.39. The zero-order valence-corrected chi connectivity index (χ0v) is 17.4. The quantitative estimate of drug-likeness (QED) is 0.584. The van der Waals surface area contributed by atoms with E-state index in [9.17, 15) is 14.0 Å². The number of hydrogen-bond acceptors (Lipinski definition) is 4. The molecular weight excluding hydrogens is 399 g/mol. The molecule has 0 heterocycles. The van der Waals surface area contributed by atoms with Crippen molar-refractivity contribution in [2.75, 3.05) is 19.5 Å². The van der Waals surface area contributed by atoms with Crippen LogP contribution in [0, 0.1) is 5.82 Å². The van der Waals surface area contributed by atoms with Crippen LogP contribution in [0.3, 0.4) is 0 Å². The van der Waals surface area contributed by atoms with Crippen LogP contribution in [0.15, 0.2) is 66.7 Å². The van der Waals surface area contributed by atoms with Gasteiger partial charge in [-0.1, -0.05) is 6.07 Å². The Bertz CT molecular complexity index is 1080. The second kappa shape index (κ2) is 9.75. The minimum Gasteiger partial charge on any atom is -0.497 e. The van der Waals surface area contributed by atoms with E-state index in [0.717, 1.165) is 5.56 Å². The number of carbonyl (C=O) groups is 2. The van der Waals surface area contributed by atoms with E-state index in [1.54, 1.807) is 50.6 Å². The Balaban J connectivity index is 1.73. The van der Waals surface area contributed by atoms with Crippen LogP contribution < -0.4 is 20.1 Å². The number of rotatable bonds is 7. The van der Waals surface area contributed by atoms with Gasteiger partial charge in [-0.3, -0.25) is 9.59 Å². The lowest BCUT2D eigenvalue weighted by molar-refractivity contribution is 0.0938. The Morgan fingerprint density at radius 2 is 1.61 bits per heavy atom. The van der Waals surface area contributed by atoms with Gasteiger partial charge in [0.05, 0.1) is 20.3 Å². The van der Waals surface area contributed by atoms with Crippen molar-refractivity contribution in [2.24, 2.45) is 0 Å². The van der Waals surface area contributed by atoms with Crippen LogP contribution in [0.25, 0.3) is 0 Å². The lowest BCUT2D eigenvalue weighted by Gasteiger charge is -2.18. The van der Waals surface area contributed by atoms with Crippen LogP contribution in [-0.2, 0) is 0 Å². The van der Waals surface area contributed by atoms with Gasteiger partial charge in [-0.2, -0.15) is 0 Å². The molecular formula is C24H23FN2O4. The molecule has 6 nitrogen and oxygen atoms in total. The third-order valence-corrected chi connectivity index (χ3v) is 4.74. The normalized spacial score (nSPS) is 11.4. The Hall–Kier alpha value is -3.87. The summed E-state index contributed by atoms with van der Waals surface area (Å²) >= 11 is 0. The summed E-state index contributed by atoms with van der Waals surface area (Å²) < 4.78 is 23.7. The SMILES string of the molecule is COc1ccc(OC)c([C@H](C)NC(=O)c2cccc(NC(=O)c3ccc(F)cc3)c2)c1. The summed E-state index contributed by atoms with van der Waals surface area (Å²) in [5.41, 5.74) is 1.92. The fourth-order valence-corrected chi connectivity index (χ4v) is 3.08. The largest absolute Gasteiger partial charge is 0.497 e. The van der Waals surface area contributed by atoms with Gasteiger partial charge in [0.25, 0.3) is 11.8 Å². The molecule has 0 saturated heterocycles. The van der Waals surface area contributed by atoms with Crippen LogP contribution in [0.4, 0.5) is 10.1 Å². The van der Waals surface area contributed by atoms with Gasteiger partial charge >= 0.3 is 0 Å². The van der Waals surface area contributed by atoms with Gasteiger partial charge in [0.1, 0.15) is 17.3 Å². The first-order valence-corrected chi connectivity index (χ1v) is 9.61. The van der Waals surface area contributed by atoms with Crippen molar-refractivity contribution in [1.29, 1.82) is 0 Å². The van der Waals surface area contributed by atoms with Crippen LogP contribution >= 0.6 is 0 Å². The van der Waals surface area contributed by atoms with E-state index in [1.807, 2.05) is 13.0 Å². The summed E-state index contributed by atoms with van der Waals surface area (Å²) in [5.74, 6) is 0.163. The molecule has 160 valence electrons. The standard InChI is InChI=1S/C24H23FN2O4/c1-15(21-14-20(30-2)11-12-22(21)31-3)26-24(29)17-5-4-6-19(13-17)27-23(28)16-7-9-18(25)10-8-16/h4-15H,1-3H3,(H,26,29)(H,27,28)/t15-/m0/s1. The number of anilines is 1. The van der Waals surface area contributed by atoms with E-state index >= 15 is 0 Å². The zero-order chi connectivity index (χ0) is 22.4. The summed E-state index contributed by atoms with van der Waals surface area (Å²) in [6, 6.07) is 16.8. The van der Waals surface area contributed by atoms with Gasteiger partial charge in [-0.05, 0) is 67.6 Å². The first-order valence-electron chi connectivity index (χ1n) is 9.61. The van der Waals surface area contributed by atoms with Gasteiger partial charge in [-0.15, -0.1) is 0 Å². The van der Waals surface area contributed by atoms with Crippen molar-refractivity contribution in [3.8, 4) is 11.5 Å². The minimum atomic E-state index is -0.419. The molecule has 0 spiro atoms. The van der Waals surface area contributed by atoms with E-state index in [0.29, 0.717) is 28.3 Å². The fourth-order valence-electron chi connectivity index (χ4n) is 3.08. The van der Waals surface area contributed by atoms with Crippen molar-refractivity contribution in [2.45, 2.75) is 13.0 Å². The maximum Gasteiger partial charge on any atom is 0.255 e. The highest BCUT2D eigenvalue weighted by Gasteiger charge is 2.17. The van der Waals surface area contributed by atoms with Crippen molar-refractivity contribution >= 4 is 17.5 Å². The molecule has 0 saturated carbocycles. The highest BCUT2D eigenvalue weighted by molar-refractivity contribution is 6.05. The molecule has 3 aromatic rings. The van der Waals surface area contributed by atoms with Crippen LogP contribution in [0.5, 0.6) is 11.5 Å². The number of carbonyl (C=O) groups excluding carboxylic acids is 2. The second-order valence-corrected chi connectivity index (χ2v) is 6.84. The maximum atomic E-state index is 13.0. The molecule has 0 radical (unpaired) electrons. The molecule has 2 amide bonds. The van der Waals surface area contributed by atoms with Crippen molar-refractivity contribution in [3.63, 3.8) is 0 Å². The molecule has 3 aromatic carbocycles. The van der Waals surface area contributed by atoms with E-state index in [-0.39, 0.29) is 11.9 Å². The summed E-state index contributed by atoms with van der Waals surface area (Å²) in [5, 5.41) is 5.64. The fraction of sp³-hybridized carbons (Fsp3) is 0.167. The summed E-state index contributed by atoms with van der Waals surface area (Å²) in [6.45, 7) is 1.84. The number of methoxy groups -OCH3 is 2. The van der Waals surface area contributed by atoms with Crippen LogP contribution in [0.1, 0.15) is 39.2 Å². The molecule has 3 rings (SSSR count). The molecule has 0 aliphatic carbocycles. The molecule has 1 atom stereocenters. The predicted molar refractivity (Wildman–Crippen MR) is 116 cm³/mol. The number of benzene rings is 3. The van der Waals surface area contributed by atoms with Crippen molar-refractivity contribution in [1.82, 2.24) is 5.32 Å². The number of nitrogens with one attached hydrogen (secondary N) is 2. The van der Waals surface area contributed by atoms with E-state index in [2.05, 4.69) is 10.6 Å². The molecule has 0 bridgehead atoms. The summed E-state index contributed by atoms with van der Waals surface area (Å²) in [4.78, 5) is 25.1. The first kappa shape index (κ1) is 21.8. The Labute approximate surface area is 180 Å². The van der Waals surface area contributed by atoms with Gasteiger partial charge in [0.15, 0.2) is 0 Å². The molecule has 0 aliphatic heterocycles. The van der Waals surface area contributed by atoms with Crippen molar-refractivity contribution < 1.29 is 23.5 Å². The Morgan fingerprint density at radius 1 is 0.871 bits per heavy atom. The molecule has 0 fully saturated rings. The smallest absolute Gasteiger partial charge is 0.255 e. The van der Waals surface area contributed by atoms with E-state index in [1.165, 1.54) is 24.3 Å². The van der Waals surface area contributed by atoms with E-state index < -0.39 is 11.7 Å². The van der Waals surface area contributed by atoms with E-state index in [4.69, 9.17) is 9.47 Å². The van der Waals surface area contributed by atoms with Gasteiger partial charge in [0.2, 0.25) is 0 Å². The lowest BCUT2D eigenvalue weighted by Crippen LogP contribution is -2.27. The molecule has 7 heteroatoms. The molecule has 0 aromatic heterocycles. The molecule has 0 aliphatic rings. The average Bonchev–Trinajstić information content (AvgIpc) is 2.79. The van der Waals surface area contributed by atoms with Crippen LogP contribution in [0.2, 0.25) is 0 Å². The number of ether oxygens (including phenoxy) is 2. The zero-order valence-electron chi connectivity index (χ0n) is 17.4.